The van der Waals surface area contributed by atoms with Crippen LogP contribution in [0, 0.1) is 0 Å². The van der Waals surface area contributed by atoms with Gasteiger partial charge in [-0.25, -0.2) is 15.0 Å². The van der Waals surface area contributed by atoms with Crippen molar-refractivity contribution in [1.29, 1.82) is 0 Å². The zero-order valence-electron chi connectivity index (χ0n) is 17.9. The number of carbonyl (C=O) groups is 4. The molecule has 9 nitrogen and oxygen atoms in total. The molecule has 0 atom stereocenters. The highest BCUT2D eigenvalue weighted by Gasteiger charge is 2.37. The lowest BCUT2D eigenvalue weighted by molar-refractivity contribution is -0.143. The molecule has 0 aliphatic carbocycles. The number of carbonyl (C=O) groups excluding carboxylic acids is 2. The van der Waals surface area contributed by atoms with Gasteiger partial charge in [0.25, 0.3) is 0 Å². The van der Waals surface area contributed by atoms with Gasteiger partial charge in [-0.2, -0.15) is 0 Å². The van der Waals surface area contributed by atoms with Crippen LogP contribution in [0.3, 0.4) is 0 Å². The summed E-state index contributed by atoms with van der Waals surface area (Å²) in [5.74, 6) is -1.77. The second-order valence-corrected chi connectivity index (χ2v) is 7.69. The molecule has 0 radical (unpaired) electrons. The number of hydrogen-bond acceptors (Lipinski definition) is 5. The Morgan fingerprint density at radius 1 is 0.735 bits per heavy atom. The van der Waals surface area contributed by atoms with Gasteiger partial charge in [-0.1, -0.05) is 91.0 Å². The number of nitrogens with one attached hydrogen (secondary N) is 2. The fourth-order valence-electron chi connectivity index (χ4n) is 3.10. The lowest BCUT2D eigenvalue weighted by Crippen LogP contribution is -2.42. The summed E-state index contributed by atoms with van der Waals surface area (Å²) >= 11 is 1.44. The number of thioether (sulfide) groups is 1. The Morgan fingerprint density at radius 2 is 1.09 bits per heavy atom. The first kappa shape index (κ1) is 27.9. The Kier molecular flexibility index (Phi) is 11.6. The number of carboxylic acids is 1. The molecule has 0 aromatic heterocycles. The normalized spacial score (nSPS) is 9.88. The monoisotopic (exact) mass is 484 g/mol. The van der Waals surface area contributed by atoms with E-state index in [1.807, 2.05) is 96.4 Å². The topological polar surface area (TPSA) is 164 Å². The lowest BCUT2D eigenvalue weighted by atomic mass is 9.84. The Hall–Kier alpha value is -4.15. The third kappa shape index (κ3) is 7.76. The van der Waals surface area contributed by atoms with Crippen LogP contribution in [-0.2, 0) is 19.1 Å². The maximum atomic E-state index is 12.2. The number of hydrogen-bond donors (Lipinski definition) is 4. The van der Waals surface area contributed by atoms with Crippen molar-refractivity contribution < 1.29 is 34.9 Å². The van der Waals surface area contributed by atoms with Crippen LogP contribution in [0.2, 0.25) is 0 Å². The molecule has 0 aliphatic rings. The van der Waals surface area contributed by atoms with Gasteiger partial charge in [0.1, 0.15) is 0 Å². The summed E-state index contributed by atoms with van der Waals surface area (Å²) in [4.78, 5) is 40.8. The largest absolute Gasteiger partial charge is 0.476 e. The first-order valence-electron chi connectivity index (χ1n) is 9.66. The molecule has 178 valence electrons. The molecule has 3 rings (SSSR count). The van der Waals surface area contributed by atoms with Crippen LogP contribution in [-0.4, -0.2) is 45.7 Å². The minimum atomic E-state index is -1.43. The van der Waals surface area contributed by atoms with Gasteiger partial charge in [0.15, 0.2) is 0 Å². The van der Waals surface area contributed by atoms with Gasteiger partial charge in [-0.3, -0.25) is 15.0 Å². The predicted octanol–water partition coefficient (Wildman–Crippen LogP) is 2.46. The number of hydrazine groups is 1. The van der Waals surface area contributed by atoms with Gasteiger partial charge in [0.05, 0.1) is 10.5 Å². The molecule has 0 saturated heterocycles. The summed E-state index contributed by atoms with van der Waals surface area (Å²) < 4.78 is -0.621. The molecular weight excluding hydrogens is 460 g/mol. The number of carboxylic acid groups (broad SMARTS) is 2. The van der Waals surface area contributed by atoms with E-state index in [0.29, 0.717) is 0 Å². The quantitative estimate of drug-likeness (QED) is 0.173. The van der Waals surface area contributed by atoms with Crippen molar-refractivity contribution in [1.82, 2.24) is 10.9 Å². The van der Waals surface area contributed by atoms with Crippen LogP contribution in [0.4, 0.5) is 4.79 Å². The molecule has 34 heavy (non-hydrogen) atoms. The molecule has 0 fully saturated rings. The molecule has 0 bridgehead atoms. The van der Waals surface area contributed by atoms with E-state index in [-0.39, 0.29) is 17.5 Å². The van der Waals surface area contributed by atoms with Crippen molar-refractivity contribution in [2.45, 2.75) is 4.75 Å². The van der Waals surface area contributed by atoms with Crippen LogP contribution in [0.25, 0.3) is 0 Å². The van der Waals surface area contributed by atoms with Crippen molar-refractivity contribution in [3.8, 4) is 0 Å². The second kappa shape index (κ2) is 14.1. The van der Waals surface area contributed by atoms with Crippen molar-refractivity contribution >= 4 is 36.0 Å². The minimum absolute atomic E-state index is 0. The van der Waals surface area contributed by atoms with Gasteiger partial charge < -0.3 is 15.7 Å². The first-order valence-corrected chi connectivity index (χ1v) is 10.6. The summed E-state index contributed by atoms with van der Waals surface area (Å²) in [6.07, 6.45) is -1.47. The summed E-state index contributed by atoms with van der Waals surface area (Å²) in [5.41, 5.74) is 7.22. The zero-order chi connectivity index (χ0) is 24.1. The Labute approximate surface area is 200 Å². The third-order valence-electron chi connectivity index (χ3n) is 4.37. The standard InChI is InChI=1S/C22H20N2O3S.C2H2O3.H2O/c25-20(23-24-21(26)27)16-28-22(17-10-4-1-5-11-17,18-12-6-2-7-13-18)19-14-8-3-9-15-19;3-1-2(4)5;/h1-15,24H,16H2,(H,23,25)(H,26,27);1H,(H,4,5);1H2. The van der Waals surface area contributed by atoms with Crippen LogP contribution in [0.5, 0.6) is 0 Å². The van der Waals surface area contributed by atoms with Crippen LogP contribution in [0.1, 0.15) is 16.7 Å². The van der Waals surface area contributed by atoms with Gasteiger partial charge >= 0.3 is 12.1 Å². The van der Waals surface area contributed by atoms with E-state index < -0.39 is 22.7 Å². The molecule has 0 aliphatic heterocycles. The first-order chi connectivity index (χ1) is 15.9. The van der Waals surface area contributed by atoms with E-state index in [9.17, 15) is 9.59 Å². The second-order valence-electron chi connectivity index (χ2n) is 6.50. The van der Waals surface area contributed by atoms with Crippen molar-refractivity contribution in [3.63, 3.8) is 0 Å². The highest BCUT2D eigenvalue weighted by Crippen LogP contribution is 2.48. The Morgan fingerprint density at radius 3 is 1.38 bits per heavy atom. The molecule has 0 saturated carbocycles. The molecule has 3 aromatic rings. The molecule has 0 unspecified atom stereocenters. The van der Waals surface area contributed by atoms with Crippen LogP contribution < -0.4 is 10.9 Å². The molecule has 0 spiro atoms. The highest BCUT2D eigenvalue weighted by molar-refractivity contribution is 8.01. The number of amides is 2. The number of rotatable bonds is 7. The van der Waals surface area contributed by atoms with Gasteiger partial charge in [-0.15, -0.1) is 11.8 Å². The van der Waals surface area contributed by atoms with Crippen LogP contribution in [0.15, 0.2) is 91.0 Å². The van der Waals surface area contributed by atoms with E-state index in [2.05, 4.69) is 5.43 Å². The molecule has 2 amide bonds. The Balaban J connectivity index is 0.000000873. The fourth-order valence-corrected chi connectivity index (χ4v) is 4.43. The molecule has 6 N–H and O–H groups in total. The lowest BCUT2D eigenvalue weighted by Gasteiger charge is -2.35. The van der Waals surface area contributed by atoms with Crippen molar-refractivity contribution in [2.75, 3.05) is 5.75 Å². The van der Waals surface area contributed by atoms with Crippen LogP contribution >= 0.6 is 11.8 Å². The van der Waals surface area contributed by atoms with Gasteiger partial charge in [0, 0.05) is 0 Å². The van der Waals surface area contributed by atoms with E-state index >= 15 is 0 Å². The summed E-state index contributed by atoms with van der Waals surface area (Å²) in [6, 6.07) is 30.0. The van der Waals surface area contributed by atoms with E-state index in [1.165, 1.54) is 11.8 Å². The summed E-state index contributed by atoms with van der Waals surface area (Å²) in [6.45, 7) is 0. The minimum Gasteiger partial charge on any atom is -0.476 e. The third-order valence-corrected chi connectivity index (χ3v) is 5.92. The fraction of sp³-hybridized carbons (Fsp3) is 0.0833. The van der Waals surface area contributed by atoms with Gasteiger partial charge in [0.2, 0.25) is 12.2 Å². The van der Waals surface area contributed by atoms with Crippen molar-refractivity contribution in [3.05, 3.63) is 108 Å². The molecular formula is C24H24N2O7S. The molecule has 0 heterocycles. The average molecular weight is 485 g/mol. The van der Waals surface area contributed by atoms with E-state index in [1.54, 1.807) is 0 Å². The SMILES string of the molecule is O.O=C(O)NNC(=O)CSC(c1ccccc1)(c1ccccc1)c1ccccc1.O=CC(=O)O. The average Bonchev–Trinajstić information content (AvgIpc) is 2.85. The number of benzene rings is 3. The number of aldehydes is 1. The maximum absolute atomic E-state index is 12.2. The summed E-state index contributed by atoms with van der Waals surface area (Å²) in [5, 5.41) is 16.0. The Bertz CT molecular complexity index is 968. The number of aliphatic carboxylic acids is 1. The molecule has 10 heteroatoms. The van der Waals surface area contributed by atoms with E-state index in [0.717, 1.165) is 16.7 Å². The van der Waals surface area contributed by atoms with Gasteiger partial charge in [-0.05, 0) is 16.7 Å². The smallest absolute Gasteiger partial charge is 0.423 e. The van der Waals surface area contributed by atoms with E-state index in [4.69, 9.17) is 19.8 Å². The zero-order valence-corrected chi connectivity index (χ0v) is 18.7. The highest BCUT2D eigenvalue weighted by atomic mass is 32.2. The summed E-state index contributed by atoms with van der Waals surface area (Å²) in [7, 11) is 0. The van der Waals surface area contributed by atoms with Crippen molar-refractivity contribution in [2.24, 2.45) is 0 Å². The predicted molar refractivity (Wildman–Crippen MR) is 128 cm³/mol. The molecule has 3 aromatic carbocycles. The maximum Gasteiger partial charge on any atom is 0.423 e.